The number of amides is 1. The number of carbonyl (C=O) groups is 1. The number of hydrogen-bond donors (Lipinski definition) is 2. The molecule has 0 radical (unpaired) electrons. The lowest BCUT2D eigenvalue weighted by atomic mass is 9.80. The zero-order valence-electron chi connectivity index (χ0n) is 13.5. The number of pyridine rings is 1. The van der Waals surface area contributed by atoms with Gasteiger partial charge >= 0.3 is 7.12 Å². The predicted octanol–water partition coefficient (Wildman–Crippen LogP) is 1.85. The van der Waals surface area contributed by atoms with Crippen LogP contribution in [-0.4, -0.2) is 23.0 Å². The van der Waals surface area contributed by atoms with E-state index in [9.17, 15) is 9.82 Å². The van der Waals surface area contributed by atoms with Gasteiger partial charge in [0.2, 0.25) is 0 Å². The minimum atomic E-state index is -0.949. The van der Waals surface area contributed by atoms with Gasteiger partial charge in [0.15, 0.2) is 0 Å². The van der Waals surface area contributed by atoms with Crippen LogP contribution in [0.2, 0.25) is 0 Å². The lowest BCUT2D eigenvalue weighted by Gasteiger charge is -2.19. The van der Waals surface area contributed by atoms with Crippen LogP contribution < -0.4 is 10.8 Å². The number of benzene rings is 1. The Bertz CT molecular complexity index is 738. The van der Waals surface area contributed by atoms with Crippen LogP contribution in [0, 0.1) is 0 Å². The van der Waals surface area contributed by atoms with Gasteiger partial charge in [-0.25, -0.2) is 4.98 Å². The normalized spacial score (nSPS) is 13.8. The van der Waals surface area contributed by atoms with Crippen LogP contribution in [0.25, 0.3) is 0 Å². The third-order valence-electron chi connectivity index (χ3n) is 3.99. The van der Waals surface area contributed by atoms with Crippen molar-refractivity contribution in [1.82, 2.24) is 4.98 Å². The average molecular weight is 310 g/mol. The fourth-order valence-electron chi connectivity index (χ4n) is 2.55. The van der Waals surface area contributed by atoms with Crippen LogP contribution in [0.5, 0.6) is 0 Å². The molecular weight excluding hydrogens is 291 g/mol. The molecule has 1 aromatic carbocycles. The van der Waals surface area contributed by atoms with Gasteiger partial charge in [-0.2, -0.15) is 0 Å². The topological polar surface area (TPSA) is 71.5 Å². The standard InChI is InChI=1S/C17H19BN2O3/c1-17(2,3)12-6-4-11(5-7-12)16(21)20-15-13-10-23-18(22)14(13)8-9-19-15/h4-9,22H,10H2,1-3H3,(H,19,20,21). The van der Waals surface area contributed by atoms with Crippen molar-refractivity contribution in [3.63, 3.8) is 0 Å². The van der Waals surface area contributed by atoms with E-state index in [1.54, 1.807) is 12.3 Å². The van der Waals surface area contributed by atoms with Gasteiger partial charge in [-0.15, -0.1) is 0 Å². The number of hydrogen-bond acceptors (Lipinski definition) is 4. The molecular formula is C17H19BN2O3. The number of nitrogens with zero attached hydrogens (tertiary/aromatic N) is 1. The SMILES string of the molecule is CC(C)(C)c1ccc(C(=O)Nc2nccc3c2COB3O)cc1. The quantitative estimate of drug-likeness (QED) is 0.831. The first kappa shape index (κ1) is 15.7. The third-order valence-corrected chi connectivity index (χ3v) is 3.99. The smallest absolute Gasteiger partial charge is 0.423 e. The molecule has 2 aromatic rings. The molecule has 2 N–H and O–H groups in total. The molecule has 1 aromatic heterocycles. The van der Waals surface area contributed by atoms with Crippen LogP contribution in [0.15, 0.2) is 36.5 Å². The lowest BCUT2D eigenvalue weighted by molar-refractivity contribution is 0.102. The average Bonchev–Trinajstić information content (AvgIpc) is 2.89. The monoisotopic (exact) mass is 310 g/mol. The second-order valence-electron chi connectivity index (χ2n) is 6.67. The summed E-state index contributed by atoms with van der Waals surface area (Å²) in [5.41, 5.74) is 3.16. The maximum atomic E-state index is 12.4. The van der Waals surface area contributed by atoms with Gasteiger partial charge in [-0.1, -0.05) is 32.9 Å². The second kappa shape index (κ2) is 5.79. The van der Waals surface area contributed by atoms with Gasteiger partial charge in [-0.3, -0.25) is 4.79 Å². The fraction of sp³-hybridized carbons (Fsp3) is 0.294. The molecule has 0 fully saturated rings. The van der Waals surface area contributed by atoms with Gasteiger partial charge in [0.1, 0.15) is 5.82 Å². The Balaban J connectivity index is 1.81. The maximum Gasteiger partial charge on any atom is 0.491 e. The number of aromatic nitrogens is 1. The zero-order chi connectivity index (χ0) is 16.6. The molecule has 2 heterocycles. The Kier molecular flexibility index (Phi) is 3.96. The van der Waals surface area contributed by atoms with E-state index in [0.717, 1.165) is 5.56 Å². The number of carbonyl (C=O) groups excluding carboxylic acids is 1. The van der Waals surface area contributed by atoms with Gasteiger partial charge in [-0.05, 0) is 34.6 Å². The van der Waals surface area contributed by atoms with Crippen molar-refractivity contribution < 1.29 is 14.5 Å². The van der Waals surface area contributed by atoms with Crippen molar-refractivity contribution in [3.05, 3.63) is 53.2 Å². The summed E-state index contributed by atoms with van der Waals surface area (Å²) in [6, 6.07) is 9.24. The number of nitrogens with one attached hydrogen (secondary N) is 1. The highest BCUT2D eigenvalue weighted by Crippen LogP contribution is 2.23. The number of anilines is 1. The molecule has 1 aliphatic rings. The first-order valence-electron chi connectivity index (χ1n) is 7.55. The van der Waals surface area contributed by atoms with Crippen LogP contribution >= 0.6 is 0 Å². The zero-order valence-corrected chi connectivity index (χ0v) is 13.5. The minimum absolute atomic E-state index is 0.0459. The van der Waals surface area contributed by atoms with Crippen LogP contribution in [-0.2, 0) is 16.7 Å². The largest absolute Gasteiger partial charge is 0.491 e. The Hall–Kier alpha value is -2.18. The molecule has 1 aliphatic heterocycles. The van der Waals surface area contributed by atoms with Crippen molar-refractivity contribution in [1.29, 1.82) is 0 Å². The van der Waals surface area contributed by atoms with Gasteiger partial charge in [0.05, 0.1) is 6.61 Å². The summed E-state index contributed by atoms with van der Waals surface area (Å²) in [4.78, 5) is 16.6. The highest BCUT2D eigenvalue weighted by molar-refractivity contribution is 6.61. The lowest BCUT2D eigenvalue weighted by Crippen LogP contribution is -2.29. The summed E-state index contributed by atoms with van der Waals surface area (Å²) in [5, 5.41) is 12.5. The van der Waals surface area contributed by atoms with E-state index in [-0.39, 0.29) is 17.9 Å². The van der Waals surface area contributed by atoms with Gasteiger partial charge < -0.3 is 15.0 Å². The molecule has 0 saturated heterocycles. The van der Waals surface area contributed by atoms with Crippen molar-refractivity contribution in [3.8, 4) is 0 Å². The van der Waals surface area contributed by atoms with Gasteiger partial charge in [0.25, 0.3) is 5.91 Å². The molecule has 118 valence electrons. The first-order valence-corrected chi connectivity index (χ1v) is 7.55. The predicted molar refractivity (Wildman–Crippen MR) is 89.7 cm³/mol. The highest BCUT2D eigenvalue weighted by atomic mass is 16.5. The molecule has 5 nitrogen and oxygen atoms in total. The van der Waals surface area contributed by atoms with Crippen LogP contribution in [0.3, 0.4) is 0 Å². The Labute approximate surface area is 135 Å². The van der Waals surface area contributed by atoms with Crippen LogP contribution in [0.4, 0.5) is 5.82 Å². The molecule has 0 saturated carbocycles. The van der Waals surface area contributed by atoms with E-state index < -0.39 is 7.12 Å². The Morgan fingerprint density at radius 2 is 1.96 bits per heavy atom. The maximum absolute atomic E-state index is 12.4. The van der Waals surface area contributed by atoms with Crippen molar-refractivity contribution in [2.45, 2.75) is 32.8 Å². The fourth-order valence-corrected chi connectivity index (χ4v) is 2.55. The summed E-state index contributed by atoms with van der Waals surface area (Å²) in [6.45, 7) is 6.63. The molecule has 6 heteroatoms. The summed E-state index contributed by atoms with van der Waals surface area (Å²) < 4.78 is 5.17. The summed E-state index contributed by atoms with van der Waals surface area (Å²) in [5.74, 6) is 0.205. The molecule has 0 unspecified atom stereocenters. The molecule has 23 heavy (non-hydrogen) atoms. The van der Waals surface area contributed by atoms with Crippen molar-refractivity contribution >= 4 is 24.3 Å². The van der Waals surface area contributed by atoms with E-state index in [1.807, 2.05) is 24.3 Å². The first-order chi connectivity index (χ1) is 10.9. The van der Waals surface area contributed by atoms with E-state index in [2.05, 4.69) is 31.1 Å². The molecule has 3 rings (SSSR count). The molecule has 0 bridgehead atoms. The second-order valence-corrected chi connectivity index (χ2v) is 6.67. The van der Waals surface area contributed by atoms with Gasteiger partial charge in [0, 0.05) is 17.3 Å². The van der Waals surface area contributed by atoms with E-state index in [0.29, 0.717) is 16.8 Å². The van der Waals surface area contributed by atoms with Crippen LogP contribution in [0.1, 0.15) is 42.3 Å². The van der Waals surface area contributed by atoms with E-state index >= 15 is 0 Å². The summed E-state index contributed by atoms with van der Waals surface area (Å²) >= 11 is 0. The highest BCUT2D eigenvalue weighted by Gasteiger charge is 2.30. The van der Waals surface area contributed by atoms with E-state index in [4.69, 9.17) is 4.65 Å². The summed E-state index contributed by atoms with van der Waals surface area (Å²) in [7, 11) is -0.949. The number of fused-ring (bicyclic) bond motifs is 1. The van der Waals surface area contributed by atoms with Crippen molar-refractivity contribution in [2.75, 3.05) is 5.32 Å². The number of rotatable bonds is 2. The molecule has 0 spiro atoms. The Morgan fingerprint density at radius 3 is 2.61 bits per heavy atom. The van der Waals surface area contributed by atoms with Crippen molar-refractivity contribution in [2.24, 2.45) is 0 Å². The Morgan fingerprint density at radius 1 is 1.26 bits per heavy atom. The summed E-state index contributed by atoms with van der Waals surface area (Å²) in [6.07, 6.45) is 1.55. The molecule has 1 amide bonds. The molecule has 0 aliphatic carbocycles. The third kappa shape index (κ3) is 3.13. The minimum Gasteiger partial charge on any atom is -0.423 e. The van der Waals surface area contributed by atoms with E-state index in [1.165, 1.54) is 5.56 Å². The molecule has 0 atom stereocenters.